The van der Waals surface area contributed by atoms with Crippen molar-refractivity contribution in [2.24, 2.45) is 11.7 Å². The molecule has 1 amide bonds. The van der Waals surface area contributed by atoms with Crippen molar-refractivity contribution in [3.63, 3.8) is 0 Å². The highest BCUT2D eigenvalue weighted by molar-refractivity contribution is 5.76. The maximum atomic E-state index is 11.1. The molecule has 20 heavy (non-hydrogen) atoms. The summed E-state index contributed by atoms with van der Waals surface area (Å²) in [5, 5.41) is 0. The molecule has 1 aliphatic heterocycles. The minimum Gasteiger partial charge on any atom is -0.494 e. The summed E-state index contributed by atoms with van der Waals surface area (Å²) < 4.78 is 5.66. The fourth-order valence-electron chi connectivity index (χ4n) is 2.48. The lowest BCUT2D eigenvalue weighted by Gasteiger charge is -2.30. The molecule has 0 aromatic heterocycles. The van der Waals surface area contributed by atoms with Crippen LogP contribution in [-0.4, -0.2) is 37.0 Å². The summed E-state index contributed by atoms with van der Waals surface area (Å²) in [6, 6.07) is 7.44. The minimum absolute atomic E-state index is 0.0669. The van der Waals surface area contributed by atoms with Crippen LogP contribution < -0.4 is 16.2 Å². The van der Waals surface area contributed by atoms with Crippen LogP contribution in [0.5, 0.6) is 5.75 Å². The molecule has 110 valence electrons. The number of likely N-dealkylation sites (tertiary alicyclic amines) is 1. The van der Waals surface area contributed by atoms with Gasteiger partial charge < -0.3 is 21.1 Å². The van der Waals surface area contributed by atoms with Crippen molar-refractivity contribution in [2.75, 3.05) is 32.0 Å². The highest BCUT2D eigenvalue weighted by Gasteiger charge is 2.22. The maximum absolute atomic E-state index is 11.1. The van der Waals surface area contributed by atoms with Crippen LogP contribution in [0.1, 0.15) is 19.3 Å². The standard InChI is InChI=1S/C15H23N3O2/c16-13-2-4-14(5-3-13)20-11-1-8-18-9-6-12(7-10-18)15(17)19/h2-5,12H,1,6-11,16H2,(H2,17,19). The van der Waals surface area contributed by atoms with Crippen LogP contribution in [0.3, 0.4) is 0 Å². The second kappa shape index (κ2) is 7.14. The molecular formula is C15H23N3O2. The van der Waals surface area contributed by atoms with Gasteiger partial charge in [-0.05, 0) is 56.6 Å². The van der Waals surface area contributed by atoms with Crippen LogP contribution in [0.2, 0.25) is 0 Å². The van der Waals surface area contributed by atoms with Crippen LogP contribution in [-0.2, 0) is 4.79 Å². The lowest BCUT2D eigenvalue weighted by molar-refractivity contribution is -0.123. The van der Waals surface area contributed by atoms with Crippen LogP contribution in [0.25, 0.3) is 0 Å². The Labute approximate surface area is 119 Å². The normalized spacial score (nSPS) is 17.0. The van der Waals surface area contributed by atoms with Gasteiger partial charge in [0.2, 0.25) is 5.91 Å². The lowest BCUT2D eigenvalue weighted by Crippen LogP contribution is -2.39. The zero-order valence-corrected chi connectivity index (χ0v) is 11.8. The molecule has 1 heterocycles. The van der Waals surface area contributed by atoms with Gasteiger partial charge >= 0.3 is 0 Å². The molecule has 5 heteroatoms. The van der Waals surface area contributed by atoms with Crippen LogP contribution in [0, 0.1) is 5.92 Å². The van der Waals surface area contributed by atoms with E-state index in [0.717, 1.165) is 50.3 Å². The summed E-state index contributed by atoms with van der Waals surface area (Å²) in [6.45, 7) is 3.60. The number of amides is 1. The number of nitrogens with zero attached hydrogens (tertiary/aromatic N) is 1. The SMILES string of the molecule is NC(=O)C1CCN(CCCOc2ccc(N)cc2)CC1. The molecule has 5 nitrogen and oxygen atoms in total. The Kier molecular flexibility index (Phi) is 5.24. The molecule has 2 rings (SSSR count). The van der Waals surface area contributed by atoms with Gasteiger partial charge in [0.15, 0.2) is 0 Å². The van der Waals surface area contributed by atoms with Crippen LogP contribution in [0.15, 0.2) is 24.3 Å². The third kappa shape index (κ3) is 4.42. The quantitative estimate of drug-likeness (QED) is 0.605. The summed E-state index contributed by atoms with van der Waals surface area (Å²) in [5.74, 6) is 0.764. The van der Waals surface area contributed by atoms with Gasteiger partial charge in [-0.25, -0.2) is 0 Å². The number of carbonyl (C=O) groups excluding carboxylic acids is 1. The molecule has 4 N–H and O–H groups in total. The van der Waals surface area contributed by atoms with Gasteiger partial charge in [-0.15, -0.1) is 0 Å². The Morgan fingerprint density at radius 2 is 1.90 bits per heavy atom. The first-order valence-electron chi connectivity index (χ1n) is 7.15. The molecule has 0 spiro atoms. The first-order chi connectivity index (χ1) is 9.65. The zero-order valence-electron chi connectivity index (χ0n) is 11.8. The molecule has 0 bridgehead atoms. The number of hydrogen-bond donors (Lipinski definition) is 2. The van der Waals surface area contributed by atoms with Crippen molar-refractivity contribution in [1.29, 1.82) is 0 Å². The number of hydrogen-bond acceptors (Lipinski definition) is 4. The minimum atomic E-state index is -0.156. The fraction of sp³-hybridized carbons (Fsp3) is 0.533. The second-order valence-electron chi connectivity index (χ2n) is 5.29. The van der Waals surface area contributed by atoms with Crippen molar-refractivity contribution in [3.8, 4) is 5.75 Å². The second-order valence-corrected chi connectivity index (χ2v) is 5.29. The van der Waals surface area contributed by atoms with Crippen LogP contribution in [0.4, 0.5) is 5.69 Å². The summed E-state index contributed by atoms with van der Waals surface area (Å²) in [4.78, 5) is 13.4. The topological polar surface area (TPSA) is 81.6 Å². The molecule has 1 aliphatic rings. The maximum Gasteiger partial charge on any atom is 0.220 e. The van der Waals surface area contributed by atoms with Gasteiger partial charge in [-0.2, -0.15) is 0 Å². The molecule has 0 unspecified atom stereocenters. The van der Waals surface area contributed by atoms with E-state index in [4.69, 9.17) is 16.2 Å². The summed E-state index contributed by atoms with van der Waals surface area (Å²) in [6.07, 6.45) is 2.74. The summed E-state index contributed by atoms with van der Waals surface area (Å²) in [7, 11) is 0. The Bertz CT molecular complexity index is 425. The first-order valence-corrected chi connectivity index (χ1v) is 7.15. The average Bonchev–Trinajstić information content (AvgIpc) is 2.46. The Balaban J connectivity index is 1.60. The smallest absolute Gasteiger partial charge is 0.220 e. The van der Waals surface area contributed by atoms with Crippen molar-refractivity contribution in [2.45, 2.75) is 19.3 Å². The Hall–Kier alpha value is -1.75. The van der Waals surface area contributed by atoms with Crippen LogP contribution >= 0.6 is 0 Å². The molecular weight excluding hydrogens is 254 g/mol. The van der Waals surface area contributed by atoms with Gasteiger partial charge in [0, 0.05) is 18.2 Å². The molecule has 1 aromatic carbocycles. The number of nitrogen functional groups attached to an aromatic ring is 1. The van der Waals surface area contributed by atoms with Gasteiger partial charge in [0.05, 0.1) is 6.61 Å². The summed E-state index contributed by atoms with van der Waals surface area (Å²) in [5.41, 5.74) is 11.7. The van der Waals surface area contributed by atoms with E-state index in [1.54, 1.807) is 0 Å². The lowest BCUT2D eigenvalue weighted by atomic mass is 9.96. The number of rotatable bonds is 6. The molecule has 0 atom stereocenters. The molecule has 0 saturated carbocycles. The third-order valence-corrected chi connectivity index (χ3v) is 3.76. The molecule has 0 aliphatic carbocycles. The van der Waals surface area contributed by atoms with Gasteiger partial charge in [0.25, 0.3) is 0 Å². The van der Waals surface area contributed by atoms with Crippen molar-refractivity contribution in [1.82, 2.24) is 4.90 Å². The molecule has 0 radical (unpaired) electrons. The van der Waals surface area contributed by atoms with Crippen molar-refractivity contribution < 1.29 is 9.53 Å². The molecule has 1 fully saturated rings. The number of ether oxygens (including phenoxy) is 1. The predicted molar refractivity (Wildman–Crippen MR) is 79.3 cm³/mol. The first kappa shape index (κ1) is 14.7. The van der Waals surface area contributed by atoms with E-state index < -0.39 is 0 Å². The highest BCUT2D eigenvalue weighted by atomic mass is 16.5. The number of carbonyl (C=O) groups is 1. The molecule has 1 aromatic rings. The van der Waals surface area contributed by atoms with E-state index in [9.17, 15) is 4.79 Å². The monoisotopic (exact) mass is 277 g/mol. The van der Waals surface area contributed by atoms with E-state index in [1.807, 2.05) is 24.3 Å². The number of piperidine rings is 1. The van der Waals surface area contributed by atoms with Gasteiger partial charge in [0.1, 0.15) is 5.75 Å². The van der Waals surface area contributed by atoms with E-state index in [-0.39, 0.29) is 11.8 Å². The Morgan fingerprint density at radius 1 is 1.25 bits per heavy atom. The average molecular weight is 277 g/mol. The Morgan fingerprint density at radius 3 is 2.50 bits per heavy atom. The third-order valence-electron chi connectivity index (χ3n) is 3.76. The van der Waals surface area contributed by atoms with Crippen molar-refractivity contribution >= 4 is 11.6 Å². The van der Waals surface area contributed by atoms with Crippen molar-refractivity contribution in [3.05, 3.63) is 24.3 Å². The van der Waals surface area contributed by atoms with E-state index in [2.05, 4.69) is 4.90 Å². The summed E-state index contributed by atoms with van der Waals surface area (Å²) >= 11 is 0. The number of anilines is 1. The fourth-order valence-corrected chi connectivity index (χ4v) is 2.48. The number of primary amides is 1. The van der Waals surface area contributed by atoms with Gasteiger partial charge in [-0.3, -0.25) is 4.79 Å². The zero-order chi connectivity index (χ0) is 14.4. The number of benzene rings is 1. The largest absolute Gasteiger partial charge is 0.494 e. The molecule has 1 saturated heterocycles. The highest BCUT2D eigenvalue weighted by Crippen LogP contribution is 2.17. The van der Waals surface area contributed by atoms with E-state index in [1.165, 1.54) is 0 Å². The van der Waals surface area contributed by atoms with Gasteiger partial charge in [-0.1, -0.05) is 0 Å². The predicted octanol–water partition coefficient (Wildman–Crippen LogP) is 1.23. The van der Waals surface area contributed by atoms with E-state index in [0.29, 0.717) is 6.61 Å². The number of nitrogens with two attached hydrogens (primary N) is 2. The van der Waals surface area contributed by atoms with E-state index >= 15 is 0 Å².